The zero-order chi connectivity index (χ0) is 31.4. The minimum Gasteiger partial charge on any atom is -0.392 e. The zero-order valence-corrected chi connectivity index (χ0v) is 26.3. The van der Waals surface area contributed by atoms with Crippen molar-refractivity contribution in [1.82, 2.24) is 4.90 Å². The fourth-order valence-electron chi connectivity index (χ4n) is 6.04. The summed E-state index contributed by atoms with van der Waals surface area (Å²) in [5.74, 6) is 0. The number of nitrogens with zero attached hydrogens (tertiary/aromatic N) is 1. The third kappa shape index (κ3) is 7.58. The van der Waals surface area contributed by atoms with Gasteiger partial charge < -0.3 is 24.6 Å². The van der Waals surface area contributed by atoms with Gasteiger partial charge in [0.2, 0.25) is 0 Å². The first-order valence-electron chi connectivity index (χ1n) is 15.1. The highest BCUT2D eigenvalue weighted by Gasteiger charge is 2.37. The van der Waals surface area contributed by atoms with E-state index in [0.29, 0.717) is 55.2 Å². The second-order valence-corrected chi connectivity index (χ2v) is 13.9. The molecule has 0 radical (unpaired) electrons. The number of likely N-dealkylation sites (tertiary alicyclic amines) is 1. The van der Waals surface area contributed by atoms with Crippen molar-refractivity contribution in [2.45, 2.75) is 54.9 Å². The Morgan fingerprint density at radius 3 is 2.27 bits per heavy atom. The van der Waals surface area contributed by atoms with E-state index in [1.807, 2.05) is 54.6 Å². The van der Waals surface area contributed by atoms with E-state index in [2.05, 4.69) is 9.62 Å². The van der Waals surface area contributed by atoms with Crippen molar-refractivity contribution in [2.75, 3.05) is 24.4 Å². The molecule has 2 aliphatic heterocycles. The topological polar surface area (TPSA) is 108 Å². The van der Waals surface area contributed by atoms with E-state index in [-0.39, 0.29) is 23.7 Å². The molecule has 0 aromatic heterocycles. The average Bonchev–Trinajstić information content (AvgIpc) is 3.06. The molecule has 4 aromatic rings. The van der Waals surface area contributed by atoms with Gasteiger partial charge in [0.15, 0.2) is 6.29 Å². The molecular weight excluding hydrogens is 612 g/mol. The molecule has 10 heteroatoms. The summed E-state index contributed by atoms with van der Waals surface area (Å²) in [6.45, 7) is 2.03. The Bertz CT molecular complexity index is 1680. The predicted molar refractivity (Wildman–Crippen MR) is 173 cm³/mol. The van der Waals surface area contributed by atoms with Crippen molar-refractivity contribution in [3.8, 4) is 0 Å². The molecular formula is C35H37ClN2O6S. The van der Waals surface area contributed by atoms with Crippen LogP contribution in [0.5, 0.6) is 0 Å². The maximum absolute atomic E-state index is 13.0. The van der Waals surface area contributed by atoms with Gasteiger partial charge in [-0.15, -0.1) is 0 Å². The van der Waals surface area contributed by atoms with E-state index < -0.39 is 21.9 Å². The summed E-state index contributed by atoms with van der Waals surface area (Å²) < 4.78 is 41.7. The quantitative estimate of drug-likeness (QED) is 0.199. The van der Waals surface area contributed by atoms with Crippen LogP contribution >= 0.6 is 11.6 Å². The van der Waals surface area contributed by atoms with Gasteiger partial charge in [-0.1, -0.05) is 78.3 Å². The van der Waals surface area contributed by atoms with Crippen molar-refractivity contribution < 1.29 is 28.1 Å². The van der Waals surface area contributed by atoms with Crippen LogP contribution < -0.4 is 4.72 Å². The maximum Gasteiger partial charge on any atom is 0.261 e. The van der Waals surface area contributed by atoms with Crippen LogP contribution in [0.2, 0.25) is 5.02 Å². The molecule has 1 unspecified atom stereocenters. The Hall–Kier alpha value is -3.28. The van der Waals surface area contributed by atoms with E-state index in [0.717, 1.165) is 16.7 Å². The Morgan fingerprint density at radius 2 is 1.58 bits per heavy atom. The molecule has 2 heterocycles. The van der Waals surface area contributed by atoms with Crippen LogP contribution in [-0.2, 0) is 31.7 Å². The van der Waals surface area contributed by atoms with E-state index >= 15 is 0 Å². The summed E-state index contributed by atoms with van der Waals surface area (Å²) in [5, 5.41) is 21.5. The van der Waals surface area contributed by atoms with Crippen LogP contribution in [-0.4, -0.2) is 49.3 Å². The normalized spacial score (nSPS) is 22.2. The summed E-state index contributed by atoms with van der Waals surface area (Å²) in [5.41, 5.74) is 2.88. The highest BCUT2D eigenvalue weighted by atomic mass is 35.5. The Kier molecular flexibility index (Phi) is 9.58. The number of anilines is 1. The van der Waals surface area contributed by atoms with Gasteiger partial charge in [-0.3, -0.25) is 4.72 Å². The fourth-order valence-corrected chi connectivity index (χ4v) is 7.23. The Morgan fingerprint density at radius 1 is 0.867 bits per heavy atom. The zero-order valence-electron chi connectivity index (χ0n) is 24.8. The van der Waals surface area contributed by atoms with Crippen LogP contribution in [0, 0.1) is 0 Å². The van der Waals surface area contributed by atoms with Crippen LogP contribution in [0.4, 0.5) is 5.69 Å². The molecule has 3 atom stereocenters. The van der Waals surface area contributed by atoms with Gasteiger partial charge in [0.25, 0.3) is 10.0 Å². The highest BCUT2D eigenvalue weighted by Crippen LogP contribution is 2.40. The molecule has 236 valence electrons. The largest absolute Gasteiger partial charge is 0.392 e. The van der Waals surface area contributed by atoms with E-state index in [1.165, 1.54) is 0 Å². The highest BCUT2D eigenvalue weighted by molar-refractivity contribution is 7.92. The SMILES string of the molecule is O=S(=O)(Nc1cccc(C2O[C@H](CN3CCC(O)(c4ccc(Cl)cc4)CC3)C[C@H](c3ccc(CO)cc3)O2)c1)c1ccccc1. The number of hydrogen-bond acceptors (Lipinski definition) is 7. The predicted octanol–water partition coefficient (Wildman–Crippen LogP) is 6.16. The van der Waals surface area contributed by atoms with Gasteiger partial charge in [0.05, 0.1) is 29.3 Å². The van der Waals surface area contributed by atoms with Crippen molar-refractivity contribution in [1.29, 1.82) is 0 Å². The summed E-state index contributed by atoms with van der Waals surface area (Å²) in [4.78, 5) is 2.49. The lowest BCUT2D eigenvalue weighted by Gasteiger charge is -2.42. The van der Waals surface area contributed by atoms with Gasteiger partial charge in [0, 0.05) is 42.3 Å². The number of hydrogen-bond donors (Lipinski definition) is 3. The molecule has 0 amide bonds. The number of benzene rings is 4. The number of ether oxygens (including phenoxy) is 2. The Labute approximate surface area is 269 Å². The number of aliphatic hydroxyl groups excluding tert-OH is 1. The van der Waals surface area contributed by atoms with E-state index in [1.54, 1.807) is 48.5 Å². The number of halogens is 1. The number of aliphatic hydroxyl groups is 2. The third-order valence-corrected chi connectivity index (χ3v) is 10.3. The Balaban J connectivity index is 1.19. The summed E-state index contributed by atoms with van der Waals surface area (Å²) in [6, 6.07) is 30.4. The second-order valence-electron chi connectivity index (χ2n) is 11.7. The molecule has 2 saturated heterocycles. The molecule has 8 nitrogen and oxygen atoms in total. The van der Waals surface area contributed by atoms with Gasteiger partial charge in [-0.25, -0.2) is 8.42 Å². The molecule has 4 aromatic carbocycles. The molecule has 6 rings (SSSR count). The summed E-state index contributed by atoms with van der Waals surface area (Å²) in [6.07, 6.45) is 0.615. The average molecular weight is 649 g/mol. The molecule has 0 aliphatic carbocycles. The summed E-state index contributed by atoms with van der Waals surface area (Å²) in [7, 11) is -3.77. The van der Waals surface area contributed by atoms with Crippen LogP contribution in [0.3, 0.4) is 0 Å². The van der Waals surface area contributed by atoms with Crippen molar-refractivity contribution in [3.05, 3.63) is 130 Å². The lowest BCUT2D eigenvalue weighted by Crippen LogP contribution is -2.46. The monoisotopic (exact) mass is 648 g/mol. The van der Waals surface area contributed by atoms with Crippen molar-refractivity contribution in [3.63, 3.8) is 0 Å². The molecule has 2 aliphatic rings. The van der Waals surface area contributed by atoms with Gasteiger partial charge in [-0.2, -0.15) is 0 Å². The van der Waals surface area contributed by atoms with Gasteiger partial charge >= 0.3 is 0 Å². The first kappa shape index (κ1) is 31.7. The van der Waals surface area contributed by atoms with Crippen molar-refractivity contribution in [2.24, 2.45) is 0 Å². The first-order valence-corrected chi connectivity index (χ1v) is 17.0. The van der Waals surface area contributed by atoms with Gasteiger partial charge in [0.1, 0.15) is 0 Å². The van der Waals surface area contributed by atoms with E-state index in [4.69, 9.17) is 21.1 Å². The molecule has 3 N–H and O–H groups in total. The fraction of sp³-hybridized carbons (Fsp3) is 0.314. The van der Waals surface area contributed by atoms with Crippen LogP contribution in [0.25, 0.3) is 0 Å². The lowest BCUT2D eigenvalue weighted by molar-refractivity contribution is -0.253. The smallest absolute Gasteiger partial charge is 0.261 e. The number of nitrogens with one attached hydrogen (secondary N) is 1. The van der Waals surface area contributed by atoms with Crippen molar-refractivity contribution >= 4 is 27.3 Å². The molecule has 0 bridgehead atoms. The molecule has 2 fully saturated rings. The molecule has 0 spiro atoms. The first-order chi connectivity index (χ1) is 21.7. The third-order valence-electron chi connectivity index (χ3n) is 8.61. The van der Waals surface area contributed by atoms with E-state index in [9.17, 15) is 18.6 Å². The van der Waals surface area contributed by atoms with Gasteiger partial charge in [-0.05, 0) is 65.9 Å². The van der Waals surface area contributed by atoms with Crippen LogP contribution in [0.1, 0.15) is 53.9 Å². The number of sulfonamides is 1. The minimum absolute atomic E-state index is 0.0385. The summed E-state index contributed by atoms with van der Waals surface area (Å²) >= 11 is 6.06. The molecule has 0 saturated carbocycles. The number of rotatable bonds is 9. The number of piperidine rings is 1. The molecule has 45 heavy (non-hydrogen) atoms. The standard InChI is InChI=1S/C35H37ClN2O6S/c36-29-15-13-28(14-16-29)35(40)17-19-38(20-18-35)23-31-22-33(26-11-9-25(24-39)10-12-26)44-34(43-31)27-5-4-6-30(21-27)37-45(41,42)32-7-2-1-3-8-32/h1-16,21,31,33-34,37,39-40H,17-20,22-24H2/t31-,33+,34?/m0/s1. The minimum atomic E-state index is -3.77. The second kappa shape index (κ2) is 13.6. The maximum atomic E-state index is 13.0. The van der Waals surface area contributed by atoms with Crippen LogP contribution in [0.15, 0.2) is 108 Å². The lowest BCUT2D eigenvalue weighted by atomic mass is 9.84.